The van der Waals surface area contributed by atoms with Crippen LogP contribution in [0.2, 0.25) is 0 Å². The molecule has 0 aliphatic carbocycles. The fourth-order valence-electron chi connectivity index (χ4n) is 4.19. The second-order valence-corrected chi connectivity index (χ2v) is 9.40. The molecule has 1 heterocycles. The molecular weight excluding hydrogens is 508 g/mol. The van der Waals surface area contributed by atoms with Gasteiger partial charge in [0.15, 0.2) is 0 Å². The molecule has 0 spiro atoms. The number of carbonyl (C=O) groups is 2. The van der Waals surface area contributed by atoms with Crippen LogP contribution in [0.15, 0.2) is 76.8 Å². The van der Waals surface area contributed by atoms with E-state index in [2.05, 4.69) is 15.9 Å². The van der Waals surface area contributed by atoms with Crippen molar-refractivity contribution in [2.24, 2.45) is 0 Å². The number of halogens is 1. The average molecular weight is 535 g/mol. The number of nitrogens with zero attached hydrogens (tertiary/aromatic N) is 2. The molecule has 180 valence electrons. The molecule has 1 amide bonds. The molecule has 1 N–H and O–H groups in total. The molecule has 3 aromatic carbocycles. The molecule has 1 saturated heterocycles. The van der Waals surface area contributed by atoms with E-state index in [4.69, 9.17) is 4.74 Å². The van der Waals surface area contributed by atoms with Crippen LogP contribution in [0.4, 0.5) is 11.4 Å². The Kier molecular flexibility index (Phi) is 6.98. The van der Waals surface area contributed by atoms with E-state index < -0.39 is 17.7 Å². The van der Waals surface area contributed by atoms with Gasteiger partial charge in [0.1, 0.15) is 11.5 Å². The Morgan fingerprint density at radius 3 is 2.26 bits per heavy atom. The quantitative estimate of drug-likeness (QED) is 0.244. The summed E-state index contributed by atoms with van der Waals surface area (Å²) in [6.07, 6.45) is 0. The highest BCUT2D eigenvalue weighted by Crippen LogP contribution is 2.43. The summed E-state index contributed by atoms with van der Waals surface area (Å²) >= 11 is 3.47. The standard InChI is InChI=1S/C28H27BrN2O4/c1-5-35-22-13-11-21(12-14-22)31-25(18-6-9-20(10-7-18)30(3)4)24(27(33)28(31)34)26(32)19-8-15-23(29)17(2)16-19/h6-16,25,32H,5H2,1-4H3/b26-24-. The minimum Gasteiger partial charge on any atom is -0.507 e. The molecule has 0 saturated carbocycles. The number of hydrogen-bond acceptors (Lipinski definition) is 5. The number of rotatable bonds is 6. The summed E-state index contributed by atoms with van der Waals surface area (Å²) < 4.78 is 6.42. The fourth-order valence-corrected chi connectivity index (χ4v) is 4.43. The van der Waals surface area contributed by atoms with Crippen LogP contribution >= 0.6 is 15.9 Å². The highest BCUT2D eigenvalue weighted by molar-refractivity contribution is 9.10. The zero-order valence-corrected chi connectivity index (χ0v) is 21.7. The molecule has 1 atom stereocenters. The second-order valence-electron chi connectivity index (χ2n) is 8.55. The fraction of sp³-hybridized carbons (Fsp3) is 0.214. The molecule has 3 aromatic rings. The number of aliphatic hydroxyl groups is 1. The van der Waals surface area contributed by atoms with Crippen LogP contribution in [0.3, 0.4) is 0 Å². The first-order valence-corrected chi connectivity index (χ1v) is 12.1. The molecule has 0 radical (unpaired) electrons. The Morgan fingerprint density at radius 2 is 1.69 bits per heavy atom. The number of amides is 1. The Balaban J connectivity index is 1.89. The van der Waals surface area contributed by atoms with Gasteiger partial charge in [0.05, 0.1) is 18.2 Å². The first kappa shape index (κ1) is 24.5. The van der Waals surface area contributed by atoms with Crippen LogP contribution in [0, 0.1) is 6.92 Å². The van der Waals surface area contributed by atoms with Gasteiger partial charge in [0, 0.05) is 35.5 Å². The monoisotopic (exact) mass is 534 g/mol. The van der Waals surface area contributed by atoms with Crippen molar-refractivity contribution in [3.05, 3.63) is 93.5 Å². The summed E-state index contributed by atoms with van der Waals surface area (Å²) in [5, 5.41) is 11.3. The van der Waals surface area contributed by atoms with E-state index in [-0.39, 0.29) is 11.3 Å². The van der Waals surface area contributed by atoms with Gasteiger partial charge in [-0.2, -0.15) is 0 Å². The minimum atomic E-state index is -0.784. The molecule has 6 nitrogen and oxygen atoms in total. The van der Waals surface area contributed by atoms with Gasteiger partial charge in [-0.05, 0) is 73.5 Å². The molecule has 35 heavy (non-hydrogen) atoms. The largest absolute Gasteiger partial charge is 0.507 e. The number of ether oxygens (including phenoxy) is 1. The van der Waals surface area contributed by atoms with Crippen molar-refractivity contribution in [1.82, 2.24) is 0 Å². The number of hydrogen-bond donors (Lipinski definition) is 1. The van der Waals surface area contributed by atoms with Crippen LogP contribution in [-0.2, 0) is 9.59 Å². The van der Waals surface area contributed by atoms with E-state index in [0.717, 1.165) is 21.3 Å². The molecule has 1 fully saturated rings. The van der Waals surface area contributed by atoms with E-state index in [1.54, 1.807) is 36.4 Å². The molecule has 1 aliphatic heterocycles. The topological polar surface area (TPSA) is 70.1 Å². The van der Waals surface area contributed by atoms with Gasteiger partial charge in [-0.15, -0.1) is 0 Å². The van der Waals surface area contributed by atoms with E-state index in [1.807, 2.05) is 63.2 Å². The van der Waals surface area contributed by atoms with Crippen molar-refractivity contribution in [2.45, 2.75) is 19.9 Å². The summed E-state index contributed by atoms with van der Waals surface area (Å²) in [5.41, 5.74) is 3.69. The maximum Gasteiger partial charge on any atom is 0.300 e. The number of aliphatic hydroxyl groups excluding tert-OH is 1. The van der Waals surface area contributed by atoms with Gasteiger partial charge < -0.3 is 14.7 Å². The Morgan fingerprint density at radius 1 is 1.03 bits per heavy atom. The first-order valence-electron chi connectivity index (χ1n) is 11.3. The summed E-state index contributed by atoms with van der Waals surface area (Å²) in [4.78, 5) is 30.1. The minimum absolute atomic E-state index is 0.0585. The van der Waals surface area contributed by atoms with Crippen molar-refractivity contribution in [3.8, 4) is 5.75 Å². The normalized spacial score (nSPS) is 17.1. The highest BCUT2D eigenvalue weighted by Gasteiger charge is 2.47. The van der Waals surface area contributed by atoms with Crippen LogP contribution < -0.4 is 14.5 Å². The van der Waals surface area contributed by atoms with E-state index in [0.29, 0.717) is 23.6 Å². The van der Waals surface area contributed by atoms with Gasteiger partial charge >= 0.3 is 0 Å². The maximum absolute atomic E-state index is 13.3. The van der Waals surface area contributed by atoms with Gasteiger partial charge in [-0.3, -0.25) is 14.5 Å². The molecule has 1 aliphatic rings. The summed E-state index contributed by atoms with van der Waals surface area (Å²) in [6, 6.07) is 19.2. The van der Waals surface area contributed by atoms with Crippen LogP contribution in [-0.4, -0.2) is 37.5 Å². The van der Waals surface area contributed by atoms with Gasteiger partial charge in [0.25, 0.3) is 11.7 Å². The van der Waals surface area contributed by atoms with Crippen LogP contribution in [0.25, 0.3) is 5.76 Å². The lowest BCUT2D eigenvalue weighted by Crippen LogP contribution is -2.29. The SMILES string of the molecule is CCOc1ccc(N2C(=O)C(=O)/C(=C(\O)c3ccc(Br)c(C)c3)C2c2ccc(N(C)C)cc2)cc1. The molecule has 0 aromatic heterocycles. The smallest absolute Gasteiger partial charge is 0.300 e. The third-order valence-electron chi connectivity index (χ3n) is 6.03. The lowest BCUT2D eigenvalue weighted by Gasteiger charge is -2.26. The van der Waals surface area contributed by atoms with Gasteiger partial charge in [-0.25, -0.2) is 0 Å². The van der Waals surface area contributed by atoms with E-state index >= 15 is 0 Å². The molecule has 4 rings (SSSR count). The molecule has 0 bridgehead atoms. The Bertz CT molecular complexity index is 1300. The van der Waals surface area contributed by atoms with Crippen molar-refractivity contribution in [3.63, 3.8) is 0 Å². The lowest BCUT2D eigenvalue weighted by atomic mass is 9.94. The van der Waals surface area contributed by atoms with Crippen LogP contribution in [0.1, 0.15) is 29.7 Å². The zero-order valence-electron chi connectivity index (χ0n) is 20.1. The van der Waals surface area contributed by atoms with Crippen molar-refractivity contribution >= 4 is 44.8 Å². The summed E-state index contributed by atoms with van der Waals surface area (Å²) in [5.74, 6) is -0.941. The van der Waals surface area contributed by atoms with E-state index in [1.165, 1.54) is 4.90 Å². The summed E-state index contributed by atoms with van der Waals surface area (Å²) in [6.45, 7) is 4.32. The number of anilines is 2. The predicted octanol–water partition coefficient (Wildman–Crippen LogP) is 5.85. The van der Waals surface area contributed by atoms with Gasteiger partial charge in [-0.1, -0.05) is 34.1 Å². The number of aryl methyl sites for hydroxylation is 1. The third-order valence-corrected chi connectivity index (χ3v) is 6.92. The van der Waals surface area contributed by atoms with Gasteiger partial charge in [0.2, 0.25) is 0 Å². The number of ketones is 1. The molecule has 1 unspecified atom stereocenters. The maximum atomic E-state index is 13.3. The van der Waals surface area contributed by atoms with Crippen molar-refractivity contribution in [2.75, 3.05) is 30.5 Å². The molecular formula is C28H27BrN2O4. The lowest BCUT2D eigenvalue weighted by molar-refractivity contribution is -0.132. The van der Waals surface area contributed by atoms with Crippen molar-refractivity contribution < 1.29 is 19.4 Å². The van der Waals surface area contributed by atoms with E-state index in [9.17, 15) is 14.7 Å². The number of carbonyl (C=O) groups excluding carboxylic acids is 2. The predicted molar refractivity (Wildman–Crippen MR) is 142 cm³/mol. The first-order chi connectivity index (χ1) is 16.7. The number of benzene rings is 3. The third kappa shape index (κ3) is 4.68. The highest BCUT2D eigenvalue weighted by atomic mass is 79.9. The number of Topliss-reactive ketones (excluding diaryl/α,β-unsaturated/α-hetero) is 1. The summed E-state index contributed by atoms with van der Waals surface area (Å²) in [7, 11) is 3.88. The Hall–Kier alpha value is -3.58. The van der Waals surface area contributed by atoms with Crippen LogP contribution in [0.5, 0.6) is 5.75 Å². The van der Waals surface area contributed by atoms with Crippen molar-refractivity contribution in [1.29, 1.82) is 0 Å². The average Bonchev–Trinajstić information content (AvgIpc) is 3.11. The second kappa shape index (κ2) is 9.96. The zero-order chi connectivity index (χ0) is 25.3. The molecule has 7 heteroatoms. The Labute approximate surface area is 213 Å².